The third kappa shape index (κ3) is 3.99. The van der Waals surface area contributed by atoms with Gasteiger partial charge < -0.3 is 31.1 Å². The number of hydrogen-bond acceptors (Lipinski definition) is 10. The van der Waals surface area contributed by atoms with Crippen molar-refractivity contribution in [2.45, 2.75) is 29.6 Å². The number of fused-ring (bicyclic) bond motifs is 1. The van der Waals surface area contributed by atoms with Crippen molar-refractivity contribution in [1.82, 2.24) is 19.5 Å². The molecule has 10 nitrogen and oxygen atoms in total. The summed E-state index contributed by atoms with van der Waals surface area (Å²) in [6.07, 6.45) is -2.92. The van der Waals surface area contributed by atoms with Crippen LogP contribution in [0.1, 0.15) is 6.23 Å². The molecule has 1 aliphatic heterocycles. The number of nitrogens with one attached hydrogen (secondary N) is 1. The van der Waals surface area contributed by atoms with Crippen molar-refractivity contribution >= 4 is 29.7 Å². The summed E-state index contributed by atoms with van der Waals surface area (Å²) in [7, 11) is 0. The molecular weight excluding hydrogens is 372 g/mol. The highest BCUT2D eigenvalue weighted by Gasteiger charge is 2.44. The molecule has 11 heteroatoms. The maximum atomic E-state index is 10.2. The van der Waals surface area contributed by atoms with Crippen LogP contribution in [0.5, 0.6) is 0 Å². The van der Waals surface area contributed by atoms with Crippen LogP contribution in [-0.2, 0) is 4.74 Å². The van der Waals surface area contributed by atoms with Gasteiger partial charge in [-0.1, -0.05) is 11.8 Å². The zero-order valence-corrected chi connectivity index (χ0v) is 15.0. The molecule has 6 N–H and O–H groups in total. The predicted molar refractivity (Wildman–Crippen MR) is 98.7 cm³/mol. The minimum Gasteiger partial charge on any atom is -0.394 e. The molecule has 3 rings (SSSR count). The van der Waals surface area contributed by atoms with Crippen LogP contribution in [-0.4, -0.2) is 72.8 Å². The number of nitrogens with two attached hydrogens (primary N) is 1. The minimum atomic E-state index is -1.25. The lowest BCUT2D eigenvalue weighted by molar-refractivity contribution is -0.0511. The molecule has 1 unspecified atom stereocenters. The Morgan fingerprint density at radius 1 is 1.26 bits per heavy atom. The number of nitrogens with zero attached hydrogens (tertiary/aromatic N) is 4. The zero-order valence-electron chi connectivity index (χ0n) is 14.1. The number of aromatic nitrogens is 4. The Hall–Kier alpha value is -2.38. The molecule has 1 saturated heterocycles. The van der Waals surface area contributed by atoms with E-state index in [1.807, 2.05) is 0 Å². The highest BCUT2D eigenvalue weighted by molar-refractivity contribution is 7.80. The van der Waals surface area contributed by atoms with Gasteiger partial charge in [-0.25, -0.2) is 9.97 Å². The molecule has 27 heavy (non-hydrogen) atoms. The van der Waals surface area contributed by atoms with Crippen molar-refractivity contribution in [2.75, 3.05) is 25.0 Å². The Kier molecular flexibility index (Phi) is 6.13. The third-order valence-electron chi connectivity index (χ3n) is 3.87. The standard InChI is InChI=1S/C16H18N6O4S/c17-5-3-1-2-4-6-18-16-20-13-10(14(27)21-16)19-8-22(13)15-12(25)11(24)9(7-23)26-15/h8-9,11-12,15,23-25H,5-7,17H2,(H2,18,20,21,27)/t9-,11?,12+,15-/m1/s1. The highest BCUT2D eigenvalue weighted by atomic mass is 32.1. The number of anilines is 1. The van der Waals surface area contributed by atoms with Crippen molar-refractivity contribution in [3.8, 4) is 23.7 Å². The van der Waals surface area contributed by atoms with Crippen molar-refractivity contribution in [3.05, 3.63) is 6.33 Å². The molecule has 2 aromatic rings. The average Bonchev–Trinajstić information content (AvgIpc) is 3.20. The summed E-state index contributed by atoms with van der Waals surface area (Å²) in [5.74, 6) is 10.9. The third-order valence-corrected chi connectivity index (χ3v) is 4.18. The normalized spacial score (nSPS) is 24.2. The maximum Gasteiger partial charge on any atom is 0.226 e. The van der Waals surface area contributed by atoms with Gasteiger partial charge in [-0.3, -0.25) is 4.57 Å². The molecule has 142 valence electrons. The van der Waals surface area contributed by atoms with Gasteiger partial charge in [0.2, 0.25) is 5.95 Å². The molecule has 0 aliphatic carbocycles. The fourth-order valence-corrected chi connectivity index (χ4v) is 2.84. The van der Waals surface area contributed by atoms with Gasteiger partial charge in [-0.15, -0.1) is 12.6 Å². The van der Waals surface area contributed by atoms with Gasteiger partial charge in [0.1, 0.15) is 28.9 Å². The van der Waals surface area contributed by atoms with E-state index in [1.165, 1.54) is 10.9 Å². The topological polar surface area (TPSA) is 152 Å². The molecule has 0 amide bonds. The Balaban J connectivity index is 1.86. The first-order chi connectivity index (χ1) is 13.1. The van der Waals surface area contributed by atoms with E-state index in [1.54, 1.807) is 0 Å². The molecule has 0 spiro atoms. The molecule has 2 aromatic heterocycles. The van der Waals surface area contributed by atoms with Crippen LogP contribution in [0.15, 0.2) is 11.4 Å². The fraction of sp³-hybridized carbons (Fsp3) is 0.438. The smallest absolute Gasteiger partial charge is 0.226 e. The van der Waals surface area contributed by atoms with Crippen LogP contribution >= 0.6 is 12.6 Å². The van der Waals surface area contributed by atoms with E-state index in [9.17, 15) is 15.3 Å². The predicted octanol–water partition coefficient (Wildman–Crippen LogP) is -1.90. The molecule has 0 saturated carbocycles. The summed E-state index contributed by atoms with van der Waals surface area (Å²) < 4.78 is 6.99. The molecule has 3 heterocycles. The van der Waals surface area contributed by atoms with Gasteiger partial charge >= 0.3 is 0 Å². The molecular formula is C16H18N6O4S. The summed E-state index contributed by atoms with van der Waals surface area (Å²) in [5, 5.41) is 32.7. The molecule has 4 atom stereocenters. The van der Waals surface area contributed by atoms with E-state index in [2.05, 4.69) is 56.6 Å². The van der Waals surface area contributed by atoms with Gasteiger partial charge in [0.05, 0.1) is 26.0 Å². The summed E-state index contributed by atoms with van der Waals surface area (Å²) in [6, 6.07) is 0. The van der Waals surface area contributed by atoms with Crippen LogP contribution in [0.25, 0.3) is 11.2 Å². The van der Waals surface area contributed by atoms with E-state index in [0.717, 1.165) is 0 Å². The van der Waals surface area contributed by atoms with E-state index in [4.69, 9.17) is 10.5 Å². The number of rotatable bonds is 4. The van der Waals surface area contributed by atoms with Crippen molar-refractivity contribution in [2.24, 2.45) is 5.73 Å². The lowest BCUT2D eigenvalue weighted by Crippen LogP contribution is -2.33. The van der Waals surface area contributed by atoms with Gasteiger partial charge in [-0.05, 0) is 11.8 Å². The average molecular weight is 390 g/mol. The Morgan fingerprint density at radius 3 is 2.74 bits per heavy atom. The van der Waals surface area contributed by atoms with Crippen molar-refractivity contribution < 1.29 is 20.1 Å². The number of thiol groups is 1. The van der Waals surface area contributed by atoms with Gasteiger partial charge in [-0.2, -0.15) is 4.98 Å². The lowest BCUT2D eigenvalue weighted by atomic mass is 10.1. The number of ether oxygens (including phenoxy) is 1. The maximum absolute atomic E-state index is 10.2. The van der Waals surface area contributed by atoms with Crippen molar-refractivity contribution in [1.29, 1.82) is 0 Å². The number of aliphatic hydroxyl groups excluding tert-OH is 3. The molecule has 0 aromatic carbocycles. The van der Waals surface area contributed by atoms with E-state index in [-0.39, 0.29) is 19.0 Å². The van der Waals surface area contributed by atoms with Gasteiger partial charge in [0, 0.05) is 0 Å². The molecule has 1 fully saturated rings. The molecule has 1 aliphatic rings. The van der Waals surface area contributed by atoms with E-state index >= 15 is 0 Å². The molecule has 0 bridgehead atoms. The number of imidazole rings is 1. The summed E-state index contributed by atoms with van der Waals surface area (Å²) in [5.41, 5.74) is 6.00. The summed E-state index contributed by atoms with van der Waals surface area (Å²) in [6.45, 7) is 0.0719. The summed E-state index contributed by atoms with van der Waals surface area (Å²) >= 11 is 4.31. The van der Waals surface area contributed by atoms with Crippen molar-refractivity contribution in [3.63, 3.8) is 0 Å². The number of hydrogen-bond donors (Lipinski definition) is 6. The molecule has 0 radical (unpaired) electrons. The van der Waals surface area contributed by atoms with E-state index < -0.39 is 31.1 Å². The second kappa shape index (κ2) is 8.54. The van der Waals surface area contributed by atoms with Crippen LogP contribution in [0.2, 0.25) is 0 Å². The fourth-order valence-electron chi connectivity index (χ4n) is 2.58. The zero-order chi connectivity index (χ0) is 19.4. The SMILES string of the molecule is NCC#CC#CCNc1nc(S)c2ncn([C@@H]3O[C@H](CO)C(O)[C@@H]3O)c2n1. The quantitative estimate of drug-likeness (QED) is 0.200. The second-order valence-corrected chi connectivity index (χ2v) is 6.01. The highest BCUT2D eigenvalue weighted by Crippen LogP contribution is 2.32. The van der Waals surface area contributed by atoms with Gasteiger partial charge in [0.25, 0.3) is 0 Å². The minimum absolute atomic E-state index is 0.246. The largest absolute Gasteiger partial charge is 0.394 e. The Bertz CT molecular complexity index is 943. The van der Waals surface area contributed by atoms with Crippen LogP contribution < -0.4 is 11.1 Å². The Labute approximate surface area is 160 Å². The Morgan fingerprint density at radius 2 is 2.04 bits per heavy atom. The second-order valence-electron chi connectivity index (χ2n) is 5.58. The van der Waals surface area contributed by atoms with E-state index in [0.29, 0.717) is 16.2 Å². The van der Waals surface area contributed by atoms with Crippen LogP contribution in [0, 0.1) is 23.7 Å². The monoisotopic (exact) mass is 390 g/mol. The number of aliphatic hydroxyl groups is 3. The van der Waals surface area contributed by atoms with Crippen LogP contribution in [0.3, 0.4) is 0 Å². The lowest BCUT2D eigenvalue weighted by Gasteiger charge is -2.16. The first-order valence-electron chi connectivity index (χ1n) is 8.02. The van der Waals surface area contributed by atoms with Crippen LogP contribution in [0.4, 0.5) is 5.95 Å². The summed E-state index contributed by atoms with van der Waals surface area (Å²) in [4.78, 5) is 12.7. The first-order valence-corrected chi connectivity index (χ1v) is 8.47. The van der Waals surface area contributed by atoms with Gasteiger partial charge in [0.15, 0.2) is 11.9 Å². The first kappa shape index (κ1) is 19.4.